The lowest BCUT2D eigenvalue weighted by atomic mass is 9.41. The largest absolute Gasteiger partial charge is 0.454 e. The molecule has 0 aromatic carbocycles. The lowest BCUT2D eigenvalue weighted by Crippen LogP contribution is -2.79. The van der Waals surface area contributed by atoms with Gasteiger partial charge >= 0.3 is 5.97 Å². The molecule has 8 rings (SSSR count). The molecule has 0 amide bonds. The van der Waals surface area contributed by atoms with E-state index in [2.05, 4.69) is 36.0 Å². The standard InChI is InChI=1S/C31H42N2O6/c1-18-16-32-19(2)25(18)26(35)38-20(3)22-8-9-30-23-7-6-21-14-29(36)11-10-27(21,4)31(23,39-29)24(34)15-28(22,30)17-33(5)12-13-37-30/h7-8,16,20-21,24,32,34,36H,6,9-15,17H2,1-5H3/t20-,21+,24+,27-,28-,29?,30-,31-/m0/s1. The molecule has 8 heteroatoms. The molecule has 0 radical (unpaired) electrons. The van der Waals surface area contributed by atoms with Crippen LogP contribution >= 0.6 is 0 Å². The monoisotopic (exact) mass is 538 g/mol. The Morgan fingerprint density at radius 3 is 2.79 bits per heavy atom. The highest BCUT2D eigenvalue weighted by Gasteiger charge is 2.79. The molecule has 1 unspecified atom stereocenters. The topological polar surface area (TPSA) is 104 Å². The van der Waals surface area contributed by atoms with Gasteiger partial charge in [-0.05, 0) is 76.1 Å². The number of rotatable bonds is 3. The van der Waals surface area contributed by atoms with E-state index in [0.717, 1.165) is 41.8 Å². The van der Waals surface area contributed by atoms with Crippen molar-refractivity contribution in [3.05, 3.63) is 46.3 Å². The average molecular weight is 539 g/mol. The van der Waals surface area contributed by atoms with E-state index in [1.165, 1.54) is 0 Å². The number of fused-ring (bicyclic) bond motifs is 1. The van der Waals surface area contributed by atoms with E-state index in [4.69, 9.17) is 14.2 Å². The van der Waals surface area contributed by atoms with Crippen molar-refractivity contribution in [1.29, 1.82) is 0 Å². The van der Waals surface area contributed by atoms with E-state index < -0.39 is 34.6 Å². The third-order valence-corrected chi connectivity index (χ3v) is 11.7. The SMILES string of the molecule is Cc1c[nH]c(C)c1C(=O)O[C@@H](C)C1=CC[C@@]23OCCN(C)C[C@@]12C[C@@H](O)[C@]12OC4(O)CC[C@@]1(C)[C@H](CC=C32)C4. The first-order valence-electron chi connectivity index (χ1n) is 14.6. The lowest BCUT2D eigenvalue weighted by molar-refractivity contribution is -0.401. The van der Waals surface area contributed by atoms with E-state index in [9.17, 15) is 15.0 Å². The van der Waals surface area contributed by atoms with Crippen LogP contribution in [0, 0.1) is 30.6 Å². The number of hydrogen-bond acceptors (Lipinski definition) is 7. The van der Waals surface area contributed by atoms with Crippen LogP contribution in [0.25, 0.3) is 0 Å². The number of esters is 1. The maximum absolute atomic E-state index is 13.3. The van der Waals surface area contributed by atoms with Gasteiger partial charge in [0, 0.05) is 48.7 Å². The molecule has 8 atom stereocenters. The van der Waals surface area contributed by atoms with Gasteiger partial charge < -0.3 is 34.3 Å². The normalized spacial score (nSPS) is 45.4. The molecule has 2 saturated carbocycles. The van der Waals surface area contributed by atoms with E-state index in [1.807, 2.05) is 27.0 Å². The minimum Gasteiger partial charge on any atom is -0.454 e. The molecule has 1 spiro atoms. The number of ether oxygens (including phenoxy) is 3. The van der Waals surface area contributed by atoms with Gasteiger partial charge in [0.05, 0.1) is 18.3 Å². The molecular weight excluding hydrogens is 496 g/mol. The molecule has 4 heterocycles. The van der Waals surface area contributed by atoms with Gasteiger partial charge in [0.1, 0.15) is 17.3 Å². The van der Waals surface area contributed by atoms with Crippen LogP contribution in [0.5, 0.6) is 0 Å². The van der Waals surface area contributed by atoms with Crippen molar-refractivity contribution in [3.8, 4) is 0 Å². The van der Waals surface area contributed by atoms with Crippen molar-refractivity contribution in [2.24, 2.45) is 16.7 Å². The van der Waals surface area contributed by atoms with Crippen LogP contribution in [0.3, 0.4) is 0 Å². The van der Waals surface area contributed by atoms with Crippen molar-refractivity contribution in [1.82, 2.24) is 9.88 Å². The van der Waals surface area contributed by atoms with Crippen molar-refractivity contribution in [2.45, 2.75) is 95.4 Å². The molecule has 5 fully saturated rings. The quantitative estimate of drug-likeness (QED) is 0.399. The number of carbonyl (C=O) groups excluding carboxylic acids is 1. The van der Waals surface area contributed by atoms with Gasteiger partial charge in [-0.1, -0.05) is 19.1 Å². The number of allylic oxidation sites excluding steroid dienone is 1. The van der Waals surface area contributed by atoms with Crippen molar-refractivity contribution < 1.29 is 29.2 Å². The van der Waals surface area contributed by atoms with Crippen LogP contribution in [0.15, 0.2) is 29.5 Å². The number of aromatic nitrogens is 1. The Bertz CT molecular complexity index is 1280. The number of nitrogens with zero attached hydrogens (tertiary/aromatic N) is 1. The Morgan fingerprint density at radius 2 is 2.05 bits per heavy atom. The van der Waals surface area contributed by atoms with Gasteiger partial charge in [-0.2, -0.15) is 0 Å². The number of aliphatic hydroxyl groups is 2. The fraction of sp³-hybridized carbons (Fsp3) is 0.710. The Labute approximate surface area is 230 Å². The molecule has 39 heavy (non-hydrogen) atoms. The third-order valence-electron chi connectivity index (χ3n) is 11.7. The minimum absolute atomic E-state index is 0.252. The van der Waals surface area contributed by atoms with Crippen LogP contribution in [-0.2, 0) is 14.2 Å². The van der Waals surface area contributed by atoms with Crippen LogP contribution < -0.4 is 0 Å². The summed E-state index contributed by atoms with van der Waals surface area (Å²) >= 11 is 0. The molecule has 1 aromatic rings. The molecule has 8 nitrogen and oxygen atoms in total. The smallest absolute Gasteiger partial charge is 0.340 e. The summed E-state index contributed by atoms with van der Waals surface area (Å²) in [6.45, 7) is 10.0. The van der Waals surface area contributed by atoms with E-state index in [0.29, 0.717) is 44.4 Å². The van der Waals surface area contributed by atoms with E-state index in [-0.39, 0.29) is 17.3 Å². The Morgan fingerprint density at radius 1 is 1.26 bits per heavy atom. The van der Waals surface area contributed by atoms with Crippen LogP contribution in [0.2, 0.25) is 0 Å². The molecule has 4 bridgehead atoms. The summed E-state index contributed by atoms with van der Waals surface area (Å²) in [5, 5.41) is 23.8. The summed E-state index contributed by atoms with van der Waals surface area (Å²) < 4.78 is 19.9. The van der Waals surface area contributed by atoms with Gasteiger partial charge in [0.25, 0.3) is 0 Å². The predicted octanol–water partition coefficient (Wildman–Crippen LogP) is 3.55. The summed E-state index contributed by atoms with van der Waals surface area (Å²) in [5.41, 5.74) is 1.65. The maximum Gasteiger partial charge on any atom is 0.340 e. The number of aliphatic hydroxyl groups excluding tert-OH is 1. The van der Waals surface area contributed by atoms with Crippen LogP contribution in [0.4, 0.5) is 0 Å². The number of hydrogen-bond donors (Lipinski definition) is 3. The first kappa shape index (κ1) is 26.0. The van der Waals surface area contributed by atoms with Gasteiger partial charge in [-0.25, -0.2) is 4.79 Å². The summed E-state index contributed by atoms with van der Waals surface area (Å²) in [4.78, 5) is 18.7. The molecule has 3 saturated heterocycles. The van der Waals surface area contributed by atoms with Crippen molar-refractivity contribution >= 4 is 5.97 Å². The lowest BCUT2D eigenvalue weighted by Gasteiger charge is -2.73. The Kier molecular flexibility index (Phi) is 5.37. The highest BCUT2D eigenvalue weighted by molar-refractivity contribution is 5.92. The molecule has 1 aromatic heterocycles. The zero-order valence-corrected chi connectivity index (χ0v) is 23.8. The molecule has 7 aliphatic rings. The van der Waals surface area contributed by atoms with Crippen LogP contribution in [-0.4, -0.2) is 82.0 Å². The minimum atomic E-state index is -1.22. The van der Waals surface area contributed by atoms with Gasteiger partial charge in [0.15, 0.2) is 5.79 Å². The van der Waals surface area contributed by atoms with E-state index >= 15 is 0 Å². The van der Waals surface area contributed by atoms with Crippen molar-refractivity contribution in [3.63, 3.8) is 0 Å². The van der Waals surface area contributed by atoms with Gasteiger partial charge in [-0.15, -0.1) is 0 Å². The van der Waals surface area contributed by atoms with Crippen molar-refractivity contribution in [2.75, 3.05) is 26.7 Å². The Balaban J connectivity index is 1.33. The number of nitrogens with one attached hydrogen (secondary N) is 1. The number of carbonyl (C=O) groups is 1. The highest BCUT2D eigenvalue weighted by Crippen LogP contribution is 2.74. The molecule has 3 aliphatic heterocycles. The molecule has 212 valence electrons. The zero-order chi connectivity index (χ0) is 27.6. The summed E-state index contributed by atoms with van der Waals surface area (Å²) in [6, 6.07) is 0. The fourth-order valence-electron chi connectivity index (χ4n) is 9.86. The first-order chi connectivity index (χ1) is 18.4. The summed E-state index contributed by atoms with van der Waals surface area (Å²) in [7, 11) is 2.10. The second-order valence-electron chi connectivity index (χ2n) is 13.6. The third kappa shape index (κ3) is 3.05. The summed E-state index contributed by atoms with van der Waals surface area (Å²) in [5.74, 6) is -1.31. The van der Waals surface area contributed by atoms with Gasteiger partial charge in [0.2, 0.25) is 0 Å². The Hall–Kier alpha value is -1.97. The first-order valence-corrected chi connectivity index (χ1v) is 14.6. The van der Waals surface area contributed by atoms with E-state index in [1.54, 1.807) is 0 Å². The predicted molar refractivity (Wildman–Crippen MR) is 144 cm³/mol. The number of likely N-dealkylation sites (N-methyl/N-ethyl adjacent to an activating group) is 1. The average Bonchev–Trinajstić information content (AvgIpc) is 3.31. The van der Waals surface area contributed by atoms with Crippen LogP contribution in [0.1, 0.15) is 74.0 Å². The maximum atomic E-state index is 13.3. The second kappa shape index (κ2) is 8.07. The highest BCUT2D eigenvalue weighted by atomic mass is 16.7. The number of aryl methyl sites for hydroxylation is 2. The van der Waals surface area contributed by atoms with Gasteiger partial charge in [-0.3, -0.25) is 0 Å². The fourth-order valence-corrected chi connectivity index (χ4v) is 9.86. The molecule has 4 aliphatic carbocycles. The molecule has 3 N–H and O–H groups in total. The molecular formula is C31H42N2O6. The zero-order valence-electron chi connectivity index (χ0n) is 23.8. The number of aromatic amines is 1. The second-order valence-corrected chi connectivity index (χ2v) is 13.6. The summed E-state index contributed by atoms with van der Waals surface area (Å²) in [6.07, 6.45) is 8.89. The number of H-pyrrole nitrogens is 1.